The van der Waals surface area contributed by atoms with Crippen LogP contribution in [0.1, 0.15) is 19.2 Å². The molecule has 0 radical (unpaired) electrons. The quantitative estimate of drug-likeness (QED) is 0.718. The van der Waals surface area contributed by atoms with Gasteiger partial charge in [0.05, 0.1) is 6.10 Å². The summed E-state index contributed by atoms with van der Waals surface area (Å²) in [6.07, 6.45) is 1.77. The van der Waals surface area contributed by atoms with E-state index in [-0.39, 0.29) is 12.1 Å². The van der Waals surface area contributed by atoms with Gasteiger partial charge in [-0.05, 0) is 18.5 Å². The largest absolute Gasteiger partial charge is 0.382 e. The van der Waals surface area contributed by atoms with Crippen molar-refractivity contribution >= 4 is 5.95 Å². The van der Waals surface area contributed by atoms with Gasteiger partial charge in [0.15, 0.2) is 0 Å². The van der Waals surface area contributed by atoms with Crippen molar-refractivity contribution in [2.75, 3.05) is 12.8 Å². The average molecular weight is 171 g/mol. The van der Waals surface area contributed by atoms with E-state index in [1.165, 1.54) is 0 Å². The van der Waals surface area contributed by atoms with E-state index in [0.717, 1.165) is 6.42 Å². The molecule has 5 nitrogen and oxygen atoms in total. The molecule has 68 valence electrons. The normalized spacial score (nSPS) is 13.2. The number of aryl methyl sites for hydroxylation is 1. The lowest BCUT2D eigenvalue weighted by Crippen LogP contribution is -2.05. The maximum absolute atomic E-state index is 5.27. The number of aromatic nitrogens is 2. The Morgan fingerprint density at radius 2 is 2.42 bits per heavy atom. The van der Waals surface area contributed by atoms with Crippen molar-refractivity contribution in [3.05, 3.63) is 5.89 Å². The predicted molar refractivity (Wildman–Crippen MR) is 43.5 cm³/mol. The summed E-state index contributed by atoms with van der Waals surface area (Å²) < 4.78 is 9.88. The zero-order valence-electron chi connectivity index (χ0n) is 7.28. The minimum atomic E-state index is 0.190. The van der Waals surface area contributed by atoms with Crippen LogP contribution in [-0.4, -0.2) is 23.4 Å². The number of hydrogen-bond donors (Lipinski definition) is 1. The summed E-state index contributed by atoms with van der Waals surface area (Å²) in [6.45, 7) is 1.99. The molecule has 0 aliphatic rings. The first-order valence-electron chi connectivity index (χ1n) is 3.83. The lowest BCUT2D eigenvalue weighted by molar-refractivity contribution is 0.109. The number of methoxy groups -OCH3 is 1. The van der Waals surface area contributed by atoms with E-state index >= 15 is 0 Å². The van der Waals surface area contributed by atoms with Gasteiger partial charge in [0.25, 0.3) is 5.95 Å². The first-order chi connectivity index (χ1) is 5.72. The van der Waals surface area contributed by atoms with Crippen LogP contribution in [0.3, 0.4) is 0 Å². The average Bonchev–Trinajstić information content (AvgIpc) is 2.47. The Labute approximate surface area is 70.9 Å². The molecule has 1 atom stereocenters. The minimum Gasteiger partial charge on any atom is -0.382 e. The fourth-order valence-electron chi connectivity index (χ4n) is 0.814. The van der Waals surface area contributed by atoms with Gasteiger partial charge in [0.1, 0.15) is 0 Å². The maximum atomic E-state index is 5.27. The van der Waals surface area contributed by atoms with Crippen LogP contribution < -0.4 is 5.73 Å². The van der Waals surface area contributed by atoms with Gasteiger partial charge in [-0.2, -0.15) is 4.98 Å². The first kappa shape index (κ1) is 8.99. The third-order valence-corrected chi connectivity index (χ3v) is 1.65. The van der Waals surface area contributed by atoms with Crippen molar-refractivity contribution < 1.29 is 9.26 Å². The fraction of sp³-hybridized carbons (Fsp3) is 0.714. The third-order valence-electron chi connectivity index (χ3n) is 1.65. The molecule has 0 spiro atoms. The van der Waals surface area contributed by atoms with Crippen LogP contribution in [0.5, 0.6) is 0 Å². The second kappa shape index (κ2) is 4.06. The fourth-order valence-corrected chi connectivity index (χ4v) is 0.814. The summed E-state index contributed by atoms with van der Waals surface area (Å²) in [5.74, 6) is 0.756. The van der Waals surface area contributed by atoms with Crippen LogP contribution in [0, 0.1) is 0 Å². The molecule has 0 aliphatic carbocycles. The summed E-state index contributed by atoms with van der Waals surface area (Å²) in [4.78, 5) is 3.86. The summed E-state index contributed by atoms with van der Waals surface area (Å²) in [6, 6.07) is 0. The molecular weight excluding hydrogens is 158 g/mol. The van der Waals surface area contributed by atoms with E-state index in [0.29, 0.717) is 12.3 Å². The van der Waals surface area contributed by atoms with Crippen LogP contribution in [0.15, 0.2) is 4.52 Å². The molecule has 12 heavy (non-hydrogen) atoms. The number of ether oxygens (including phenoxy) is 1. The van der Waals surface area contributed by atoms with Crippen LogP contribution >= 0.6 is 0 Å². The Hall–Kier alpha value is -1.10. The number of nitrogens with zero attached hydrogens (tertiary/aromatic N) is 2. The van der Waals surface area contributed by atoms with Gasteiger partial charge in [0, 0.05) is 13.5 Å². The molecule has 5 heteroatoms. The van der Waals surface area contributed by atoms with Crippen molar-refractivity contribution in [3.63, 3.8) is 0 Å². The van der Waals surface area contributed by atoms with E-state index in [1.54, 1.807) is 7.11 Å². The highest BCUT2D eigenvalue weighted by Crippen LogP contribution is 2.05. The molecule has 1 aromatic heterocycles. The number of hydrogen-bond acceptors (Lipinski definition) is 5. The Bertz CT molecular complexity index is 236. The summed E-state index contributed by atoms with van der Waals surface area (Å²) in [5, 5.41) is 3.47. The topological polar surface area (TPSA) is 74.2 Å². The second-order valence-corrected chi connectivity index (χ2v) is 2.63. The molecule has 0 aromatic carbocycles. The van der Waals surface area contributed by atoms with Gasteiger partial charge < -0.3 is 15.0 Å². The third kappa shape index (κ3) is 2.50. The standard InChI is InChI=1S/C7H13N3O2/c1-5(11-2)3-4-6-9-7(8)10-12-6/h5H,3-4H2,1-2H3,(H2,8,10). The van der Waals surface area contributed by atoms with Crippen molar-refractivity contribution in [3.8, 4) is 0 Å². The highest BCUT2D eigenvalue weighted by atomic mass is 16.5. The molecule has 1 aromatic rings. The molecule has 1 heterocycles. The highest BCUT2D eigenvalue weighted by molar-refractivity contribution is 5.10. The van der Waals surface area contributed by atoms with E-state index in [4.69, 9.17) is 15.0 Å². The number of nitrogen functional groups attached to an aromatic ring is 1. The molecular formula is C7H13N3O2. The molecule has 0 aliphatic heterocycles. The monoisotopic (exact) mass is 171 g/mol. The Balaban J connectivity index is 2.33. The second-order valence-electron chi connectivity index (χ2n) is 2.63. The molecule has 0 amide bonds. The molecule has 0 saturated heterocycles. The molecule has 1 unspecified atom stereocenters. The van der Waals surface area contributed by atoms with Gasteiger partial charge >= 0.3 is 0 Å². The van der Waals surface area contributed by atoms with E-state index in [9.17, 15) is 0 Å². The lowest BCUT2D eigenvalue weighted by atomic mass is 10.2. The van der Waals surface area contributed by atoms with E-state index in [2.05, 4.69) is 10.1 Å². The molecule has 1 rings (SSSR count). The van der Waals surface area contributed by atoms with Crippen LogP contribution in [0.2, 0.25) is 0 Å². The summed E-state index contributed by atoms with van der Waals surface area (Å²) in [5.41, 5.74) is 5.27. The van der Waals surface area contributed by atoms with Gasteiger partial charge in [-0.1, -0.05) is 0 Å². The van der Waals surface area contributed by atoms with Crippen LogP contribution in [0.25, 0.3) is 0 Å². The SMILES string of the molecule is COC(C)CCc1nc(N)no1. The van der Waals surface area contributed by atoms with Gasteiger partial charge in [-0.3, -0.25) is 0 Å². The van der Waals surface area contributed by atoms with Gasteiger partial charge in [-0.15, -0.1) is 0 Å². The molecule has 0 bridgehead atoms. The first-order valence-corrected chi connectivity index (χ1v) is 3.83. The van der Waals surface area contributed by atoms with Crippen molar-refractivity contribution in [1.29, 1.82) is 0 Å². The van der Waals surface area contributed by atoms with Crippen molar-refractivity contribution in [1.82, 2.24) is 10.1 Å². The van der Waals surface area contributed by atoms with Crippen molar-refractivity contribution in [2.24, 2.45) is 0 Å². The van der Waals surface area contributed by atoms with Gasteiger partial charge in [0.2, 0.25) is 5.89 Å². The Morgan fingerprint density at radius 1 is 1.67 bits per heavy atom. The lowest BCUT2D eigenvalue weighted by Gasteiger charge is -2.05. The molecule has 0 fully saturated rings. The van der Waals surface area contributed by atoms with Crippen molar-refractivity contribution in [2.45, 2.75) is 25.9 Å². The zero-order chi connectivity index (χ0) is 8.97. The van der Waals surface area contributed by atoms with E-state index < -0.39 is 0 Å². The Kier molecular flexibility index (Phi) is 3.04. The van der Waals surface area contributed by atoms with Crippen LogP contribution in [0.4, 0.5) is 5.95 Å². The zero-order valence-corrected chi connectivity index (χ0v) is 7.28. The maximum Gasteiger partial charge on any atom is 0.260 e. The molecule has 0 saturated carbocycles. The molecule has 2 N–H and O–H groups in total. The number of nitrogens with two attached hydrogens (primary N) is 1. The predicted octanol–water partition coefficient (Wildman–Crippen LogP) is 0.619. The summed E-state index contributed by atoms with van der Waals surface area (Å²) >= 11 is 0. The van der Waals surface area contributed by atoms with E-state index in [1.807, 2.05) is 6.92 Å². The van der Waals surface area contributed by atoms with Gasteiger partial charge in [-0.25, -0.2) is 0 Å². The minimum absolute atomic E-state index is 0.190. The summed E-state index contributed by atoms with van der Waals surface area (Å²) in [7, 11) is 1.67. The number of anilines is 1. The smallest absolute Gasteiger partial charge is 0.260 e. The Morgan fingerprint density at radius 3 is 2.92 bits per heavy atom. The highest BCUT2D eigenvalue weighted by Gasteiger charge is 2.05. The van der Waals surface area contributed by atoms with Crippen LogP contribution in [-0.2, 0) is 11.2 Å². The number of rotatable bonds is 4.